The zero-order chi connectivity index (χ0) is 32.3. The van der Waals surface area contributed by atoms with Gasteiger partial charge < -0.3 is 29.0 Å². The smallest absolute Gasteiger partial charge is 0.336 e. The molecule has 0 unspecified atom stereocenters. The molecule has 1 N–H and O–H groups in total. The van der Waals surface area contributed by atoms with Gasteiger partial charge in [0.1, 0.15) is 19.0 Å². The Morgan fingerprint density at radius 2 is 1.40 bits per heavy atom. The third kappa shape index (κ3) is 8.40. The van der Waals surface area contributed by atoms with E-state index < -0.39 is 17.9 Å². The fourth-order valence-corrected chi connectivity index (χ4v) is 5.09. The van der Waals surface area contributed by atoms with E-state index in [1.165, 1.54) is 14.2 Å². The topological polar surface area (TPSA) is 110 Å². The molecular formula is C35H43N3O7. The van der Waals surface area contributed by atoms with Crippen molar-refractivity contribution >= 4 is 11.9 Å². The molecule has 0 atom stereocenters. The van der Waals surface area contributed by atoms with Crippen molar-refractivity contribution in [3.8, 4) is 22.7 Å². The largest absolute Gasteiger partial charge is 0.494 e. The van der Waals surface area contributed by atoms with Gasteiger partial charge in [-0.3, -0.25) is 0 Å². The second-order valence-electron chi connectivity index (χ2n) is 11.2. The van der Waals surface area contributed by atoms with Crippen molar-refractivity contribution in [2.24, 2.45) is 5.92 Å². The molecule has 240 valence electrons. The molecule has 1 aliphatic rings. The van der Waals surface area contributed by atoms with Gasteiger partial charge in [-0.05, 0) is 62.6 Å². The van der Waals surface area contributed by atoms with Gasteiger partial charge in [-0.25, -0.2) is 14.3 Å². The molecule has 4 rings (SSSR count). The van der Waals surface area contributed by atoms with E-state index in [0.717, 1.165) is 23.4 Å². The van der Waals surface area contributed by atoms with Gasteiger partial charge in [-0.2, -0.15) is 5.10 Å². The van der Waals surface area contributed by atoms with Crippen LogP contribution < -0.4 is 10.1 Å². The number of allylic oxidation sites excluding steroid dienone is 2. The molecule has 0 saturated heterocycles. The minimum atomic E-state index is -0.842. The van der Waals surface area contributed by atoms with Crippen LogP contribution in [0.2, 0.25) is 0 Å². The molecule has 0 amide bonds. The van der Waals surface area contributed by atoms with Crippen LogP contribution in [0.15, 0.2) is 83.3 Å². The van der Waals surface area contributed by atoms with E-state index in [-0.39, 0.29) is 37.6 Å². The summed E-state index contributed by atoms with van der Waals surface area (Å²) in [5, 5.41) is 8.20. The van der Waals surface area contributed by atoms with Crippen LogP contribution in [0, 0.1) is 5.92 Å². The van der Waals surface area contributed by atoms with Gasteiger partial charge >= 0.3 is 11.9 Å². The summed E-state index contributed by atoms with van der Waals surface area (Å²) < 4.78 is 29.1. The normalized spacial score (nSPS) is 13.7. The Kier molecular flexibility index (Phi) is 11.9. The highest BCUT2D eigenvalue weighted by molar-refractivity contribution is 6.00. The maximum atomic E-state index is 13.7. The highest BCUT2D eigenvalue weighted by Crippen LogP contribution is 2.43. The predicted molar refractivity (Wildman–Crippen MR) is 171 cm³/mol. The summed E-state index contributed by atoms with van der Waals surface area (Å²) in [6.07, 6.45) is 2.81. The second kappa shape index (κ2) is 16.1. The number of carbonyl (C=O) groups is 2. The zero-order valence-corrected chi connectivity index (χ0v) is 26.9. The van der Waals surface area contributed by atoms with E-state index in [9.17, 15) is 9.59 Å². The molecule has 3 aromatic rings. The number of carbonyl (C=O) groups excluding carboxylic acids is 2. The number of nitrogens with one attached hydrogen (secondary N) is 1. The van der Waals surface area contributed by atoms with E-state index in [4.69, 9.17) is 28.8 Å². The van der Waals surface area contributed by atoms with Crippen LogP contribution in [-0.2, 0) is 28.5 Å². The van der Waals surface area contributed by atoms with Crippen molar-refractivity contribution < 1.29 is 33.3 Å². The second-order valence-corrected chi connectivity index (χ2v) is 11.2. The summed E-state index contributed by atoms with van der Waals surface area (Å²) in [6, 6.07) is 17.4. The molecule has 0 spiro atoms. The lowest BCUT2D eigenvalue weighted by molar-refractivity contribution is -0.141. The molecule has 0 radical (unpaired) electrons. The number of nitrogens with zero attached hydrogens (tertiary/aromatic N) is 2. The van der Waals surface area contributed by atoms with E-state index in [0.29, 0.717) is 35.2 Å². The van der Waals surface area contributed by atoms with Crippen molar-refractivity contribution in [1.29, 1.82) is 0 Å². The minimum Gasteiger partial charge on any atom is -0.494 e. The maximum absolute atomic E-state index is 13.7. The number of dihydropyridines is 1. The average Bonchev–Trinajstić information content (AvgIpc) is 3.47. The molecule has 2 aromatic carbocycles. The molecule has 0 fully saturated rings. The first kappa shape index (κ1) is 33.5. The molecule has 0 aliphatic carbocycles. The number of benzene rings is 2. The summed E-state index contributed by atoms with van der Waals surface area (Å²) in [6.45, 7) is 9.12. The molecule has 10 heteroatoms. The summed E-state index contributed by atoms with van der Waals surface area (Å²) in [4.78, 5) is 27.4. The quantitative estimate of drug-likeness (QED) is 0.173. The first-order valence-electron chi connectivity index (χ1n) is 15.1. The number of methoxy groups -OCH3 is 2. The summed E-state index contributed by atoms with van der Waals surface area (Å²) in [5.74, 6) is -0.682. The Morgan fingerprint density at radius 3 is 1.93 bits per heavy atom. The molecule has 0 bridgehead atoms. The highest BCUT2D eigenvalue weighted by Gasteiger charge is 2.40. The van der Waals surface area contributed by atoms with Crippen LogP contribution in [0.3, 0.4) is 0 Å². The highest BCUT2D eigenvalue weighted by atomic mass is 16.6. The van der Waals surface area contributed by atoms with Crippen LogP contribution in [0.1, 0.15) is 45.6 Å². The molecule has 45 heavy (non-hydrogen) atoms. The van der Waals surface area contributed by atoms with Crippen molar-refractivity contribution in [2.45, 2.75) is 40.0 Å². The lowest BCUT2D eigenvalue weighted by atomic mass is 9.79. The fourth-order valence-electron chi connectivity index (χ4n) is 5.09. The van der Waals surface area contributed by atoms with Crippen molar-refractivity contribution in [1.82, 2.24) is 15.1 Å². The first-order valence-corrected chi connectivity index (χ1v) is 15.1. The van der Waals surface area contributed by atoms with Gasteiger partial charge in [-0.1, -0.05) is 32.0 Å². The Balaban J connectivity index is 1.86. The average molecular weight is 618 g/mol. The number of ether oxygens (including phenoxy) is 5. The van der Waals surface area contributed by atoms with Crippen molar-refractivity contribution in [3.63, 3.8) is 0 Å². The number of hydrogen-bond acceptors (Lipinski definition) is 9. The Labute approximate surface area is 265 Å². The number of hydrogen-bond donors (Lipinski definition) is 1. The minimum absolute atomic E-state index is 0.0591. The van der Waals surface area contributed by atoms with Gasteiger partial charge in [0, 0.05) is 42.9 Å². The van der Waals surface area contributed by atoms with Crippen LogP contribution in [0.4, 0.5) is 0 Å². The predicted octanol–water partition coefficient (Wildman–Crippen LogP) is 5.58. The van der Waals surface area contributed by atoms with E-state index in [1.807, 2.05) is 60.8 Å². The monoisotopic (exact) mass is 617 g/mol. The number of aromatic nitrogens is 2. The SMILES string of the molecule is COCCOC(=O)C1=C(C)NC(C)=C(C(=O)OCCOC)C1c1cn(-c2ccccc2)nc1-c1ccc(OCCC(C)C)cc1. The van der Waals surface area contributed by atoms with Gasteiger partial charge in [0.25, 0.3) is 0 Å². The number of para-hydroxylation sites is 1. The van der Waals surface area contributed by atoms with Gasteiger partial charge in [0.05, 0.1) is 48.3 Å². The van der Waals surface area contributed by atoms with Gasteiger partial charge in [-0.15, -0.1) is 0 Å². The van der Waals surface area contributed by atoms with Crippen molar-refractivity contribution in [2.75, 3.05) is 47.3 Å². The zero-order valence-electron chi connectivity index (χ0n) is 26.9. The Bertz CT molecular complexity index is 1460. The third-order valence-electron chi connectivity index (χ3n) is 7.41. The van der Waals surface area contributed by atoms with Crippen LogP contribution in [-0.4, -0.2) is 69.0 Å². The molecule has 1 aliphatic heterocycles. The lowest BCUT2D eigenvalue weighted by Crippen LogP contribution is -2.33. The van der Waals surface area contributed by atoms with Gasteiger partial charge in [0.2, 0.25) is 0 Å². The first-order chi connectivity index (χ1) is 21.7. The van der Waals surface area contributed by atoms with Gasteiger partial charge in [0.15, 0.2) is 0 Å². The summed E-state index contributed by atoms with van der Waals surface area (Å²) in [7, 11) is 3.07. The van der Waals surface area contributed by atoms with Crippen LogP contribution in [0.25, 0.3) is 16.9 Å². The molecule has 2 heterocycles. The van der Waals surface area contributed by atoms with E-state index in [1.54, 1.807) is 18.5 Å². The summed E-state index contributed by atoms with van der Waals surface area (Å²) >= 11 is 0. The standard InChI is InChI=1S/C35H43N3O7/c1-23(2)16-17-43-28-14-12-26(13-15-28)33-29(22-38(37-33)27-10-8-7-9-11-27)32-30(34(39)44-20-18-41-5)24(3)36-25(4)31(32)35(40)45-21-19-42-6/h7-15,22-23,32,36H,16-21H2,1-6H3. The lowest BCUT2D eigenvalue weighted by Gasteiger charge is -2.30. The molecule has 0 saturated carbocycles. The molecule has 1 aromatic heterocycles. The number of rotatable bonds is 15. The van der Waals surface area contributed by atoms with Crippen molar-refractivity contribution in [3.05, 3.63) is 88.9 Å². The van der Waals surface area contributed by atoms with E-state index >= 15 is 0 Å². The van der Waals surface area contributed by atoms with Crippen LogP contribution >= 0.6 is 0 Å². The fraction of sp³-hybridized carbons (Fsp3) is 0.400. The van der Waals surface area contributed by atoms with Crippen LogP contribution in [0.5, 0.6) is 5.75 Å². The van der Waals surface area contributed by atoms with E-state index in [2.05, 4.69) is 19.2 Å². The maximum Gasteiger partial charge on any atom is 0.336 e. The summed E-state index contributed by atoms with van der Waals surface area (Å²) in [5.41, 5.74) is 4.58. The Hall–Kier alpha value is -4.41. The molecular weight excluding hydrogens is 574 g/mol. The number of esters is 2. The Morgan fingerprint density at radius 1 is 0.822 bits per heavy atom. The third-order valence-corrected chi connectivity index (χ3v) is 7.41. The molecule has 10 nitrogen and oxygen atoms in total.